The summed E-state index contributed by atoms with van der Waals surface area (Å²) in [6.07, 6.45) is -0.210. The normalized spacial score (nSPS) is 14.4. The Kier molecular flexibility index (Phi) is 9.82. The third-order valence-corrected chi connectivity index (χ3v) is 5.73. The van der Waals surface area contributed by atoms with Gasteiger partial charge in [0.2, 0.25) is 0 Å². The monoisotopic (exact) mass is 496 g/mol. The average Bonchev–Trinajstić information content (AvgIpc) is 2.92. The van der Waals surface area contributed by atoms with Gasteiger partial charge in [-0.05, 0) is 40.9 Å². The van der Waals surface area contributed by atoms with Crippen LogP contribution in [0.15, 0.2) is 57.8 Å². The molecule has 0 saturated carbocycles. The Morgan fingerprint density at radius 1 is 1.11 bits per heavy atom. The Morgan fingerprint density at radius 2 is 1.83 bits per heavy atom. The van der Waals surface area contributed by atoms with E-state index in [1.165, 1.54) is 18.2 Å². The summed E-state index contributed by atoms with van der Waals surface area (Å²) in [5, 5.41) is 11.5. The predicted molar refractivity (Wildman–Crippen MR) is 132 cm³/mol. The number of nitroso groups, excluding NO2 is 3. The molecular formula is C21H25BN8O6. The number of rotatable bonds is 12. The molecule has 0 aliphatic carbocycles. The fraction of sp³-hybridized carbons (Fsp3) is 0.333. The maximum atomic E-state index is 12.8. The van der Waals surface area contributed by atoms with E-state index >= 15 is 0 Å². The van der Waals surface area contributed by atoms with Gasteiger partial charge in [-0.3, -0.25) is 15.1 Å². The molecular weight excluding hydrogens is 471 g/mol. The second-order valence-corrected chi connectivity index (χ2v) is 8.07. The molecule has 0 unspecified atom stereocenters. The Bertz CT molecular complexity index is 1110. The van der Waals surface area contributed by atoms with Gasteiger partial charge in [-0.15, -0.1) is 15.1 Å². The van der Waals surface area contributed by atoms with E-state index in [2.05, 4.69) is 41.3 Å². The van der Waals surface area contributed by atoms with Crippen LogP contribution < -0.4 is 22.1 Å². The third-order valence-electron chi connectivity index (χ3n) is 5.73. The highest BCUT2D eigenvalue weighted by atomic mass is 16.7. The number of nitrogens with zero attached hydrogens (tertiary/aromatic N) is 4. The number of amides is 1. The highest BCUT2D eigenvalue weighted by molar-refractivity contribution is 6.56. The summed E-state index contributed by atoms with van der Waals surface area (Å²) in [6, 6.07) is 11.2. The Balaban J connectivity index is 1.73. The number of hydrogen-bond acceptors (Lipinski definition) is 13. The molecule has 36 heavy (non-hydrogen) atoms. The molecule has 1 atom stereocenters. The van der Waals surface area contributed by atoms with E-state index in [0.717, 1.165) is 31.7 Å². The first-order valence-corrected chi connectivity index (χ1v) is 11.1. The van der Waals surface area contributed by atoms with Gasteiger partial charge in [0.1, 0.15) is 5.69 Å². The molecule has 14 nitrogen and oxygen atoms in total. The minimum atomic E-state index is -1.66. The molecule has 1 amide bonds. The lowest BCUT2D eigenvalue weighted by Gasteiger charge is -2.27. The Morgan fingerprint density at radius 3 is 2.50 bits per heavy atom. The van der Waals surface area contributed by atoms with Gasteiger partial charge in [0.25, 0.3) is 5.91 Å². The fourth-order valence-electron chi connectivity index (χ4n) is 3.89. The number of nitrogens with two attached hydrogens (primary N) is 1. The van der Waals surface area contributed by atoms with Gasteiger partial charge < -0.3 is 10.2 Å². The van der Waals surface area contributed by atoms with Crippen molar-refractivity contribution in [3.05, 3.63) is 79.4 Å². The van der Waals surface area contributed by atoms with E-state index in [1.54, 1.807) is 18.2 Å². The molecule has 0 spiro atoms. The lowest BCUT2D eigenvalue weighted by Crippen LogP contribution is -2.51. The van der Waals surface area contributed by atoms with Crippen molar-refractivity contribution in [2.24, 2.45) is 21.2 Å². The van der Waals surface area contributed by atoms with E-state index in [0.29, 0.717) is 12.1 Å². The van der Waals surface area contributed by atoms with Crippen molar-refractivity contribution in [3.8, 4) is 0 Å². The molecule has 0 aromatic heterocycles. The second-order valence-electron chi connectivity index (χ2n) is 8.07. The van der Waals surface area contributed by atoms with E-state index in [1.807, 2.05) is 6.07 Å². The summed E-state index contributed by atoms with van der Waals surface area (Å²) < 4.78 is 0. The van der Waals surface area contributed by atoms with Crippen LogP contribution in [0.5, 0.6) is 0 Å². The lowest BCUT2D eigenvalue weighted by atomic mass is 9.68. The van der Waals surface area contributed by atoms with Gasteiger partial charge in [-0.25, -0.2) is 10.2 Å². The number of carbonyl (C=O) groups is 2. The zero-order chi connectivity index (χ0) is 25.9. The molecule has 15 heteroatoms. The van der Waals surface area contributed by atoms with E-state index < -0.39 is 24.8 Å². The van der Waals surface area contributed by atoms with Gasteiger partial charge in [-0.2, -0.15) is 15.7 Å². The van der Waals surface area contributed by atoms with Gasteiger partial charge in [0.05, 0.1) is 11.5 Å². The van der Waals surface area contributed by atoms with Crippen LogP contribution in [0.2, 0.25) is 0 Å². The molecule has 2 aromatic rings. The molecule has 2 aromatic carbocycles. The van der Waals surface area contributed by atoms with E-state index in [-0.39, 0.29) is 23.2 Å². The van der Waals surface area contributed by atoms with Crippen molar-refractivity contribution in [3.63, 3.8) is 0 Å². The Hall–Kier alpha value is -3.92. The molecule has 1 aliphatic rings. The number of carbonyl (C=O) groups excluding carboxylic acids is 2. The summed E-state index contributed by atoms with van der Waals surface area (Å²) in [6.45, 7) is 2.64. The number of piperazine rings is 1. The van der Waals surface area contributed by atoms with Crippen molar-refractivity contribution >= 4 is 24.5 Å². The molecule has 1 aliphatic heterocycles. The first kappa shape index (κ1) is 26.7. The lowest BCUT2D eigenvalue weighted by molar-refractivity contribution is 0.0504. The maximum absolute atomic E-state index is 12.8. The zero-order valence-corrected chi connectivity index (χ0v) is 19.3. The molecule has 3 rings (SSSR count). The minimum absolute atomic E-state index is 0.176. The van der Waals surface area contributed by atoms with Crippen LogP contribution in [-0.4, -0.2) is 55.9 Å². The smallest absolute Gasteiger partial charge is 0.370 e. The van der Waals surface area contributed by atoms with Gasteiger partial charge >= 0.3 is 13.0 Å². The van der Waals surface area contributed by atoms with Crippen LogP contribution in [0, 0.1) is 14.7 Å². The first-order chi connectivity index (χ1) is 17.5. The van der Waals surface area contributed by atoms with Crippen molar-refractivity contribution in [2.45, 2.75) is 18.9 Å². The minimum Gasteiger partial charge on any atom is -0.370 e. The van der Waals surface area contributed by atoms with Gasteiger partial charge in [0, 0.05) is 38.3 Å². The number of hydrazine groups is 1. The number of benzene rings is 2. The van der Waals surface area contributed by atoms with Crippen LogP contribution in [0.4, 0.5) is 5.69 Å². The summed E-state index contributed by atoms with van der Waals surface area (Å²) in [4.78, 5) is 64.9. The average molecular weight is 496 g/mol. The number of hydrogen-bond donors (Lipinski definition) is 4. The topological polar surface area (TPSA) is 197 Å². The first-order valence-electron chi connectivity index (χ1n) is 11.1. The Labute approximate surface area is 206 Å². The summed E-state index contributed by atoms with van der Waals surface area (Å²) in [5.74, 6) is 2.23. The zero-order valence-electron chi connectivity index (χ0n) is 19.3. The highest BCUT2D eigenvalue weighted by Crippen LogP contribution is 2.26. The van der Waals surface area contributed by atoms with Gasteiger partial charge in [0.15, 0.2) is 0 Å². The standard InChI is InChI=1S/C21H25BN8O6/c23-36-21(32)17-6-2-4-15(19(17)27-33)12-18(22(28-34)29-35)25-26-20(31)16-5-1-3-14(11-16)13-30-9-7-24-8-10-30/h1-6,11,18,24-25H,7-10,12-13,23H2,(H,26,31)/t18-/m0/s1. The van der Waals surface area contributed by atoms with Gasteiger partial charge in [-0.1, -0.05) is 24.3 Å². The largest absolute Gasteiger partial charge is 0.535 e. The van der Waals surface area contributed by atoms with Crippen LogP contribution >= 0.6 is 0 Å². The van der Waals surface area contributed by atoms with Crippen LogP contribution in [0.1, 0.15) is 31.8 Å². The van der Waals surface area contributed by atoms with Crippen LogP contribution in [0.25, 0.3) is 0 Å². The fourth-order valence-corrected chi connectivity index (χ4v) is 3.89. The molecule has 188 valence electrons. The third kappa shape index (κ3) is 6.82. The van der Waals surface area contributed by atoms with E-state index in [4.69, 9.17) is 5.90 Å². The molecule has 0 radical (unpaired) electrons. The molecule has 1 heterocycles. The molecule has 5 N–H and O–H groups in total. The quantitative estimate of drug-likeness (QED) is 0.186. The summed E-state index contributed by atoms with van der Waals surface area (Å²) >= 11 is 0. The van der Waals surface area contributed by atoms with Crippen molar-refractivity contribution in [1.29, 1.82) is 0 Å². The molecule has 1 fully saturated rings. The van der Waals surface area contributed by atoms with Crippen LogP contribution in [-0.2, 0) is 17.8 Å². The van der Waals surface area contributed by atoms with Crippen LogP contribution in [0.3, 0.4) is 0 Å². The van der Waals surface area contributed by atoms with Crippen molar-refractivity contribution in [2.75, 3.05) is 26.2 Å². The molecule has 1 saturated heterocycles. The summed E-state index contributed by atoms with van der Waals surface area (Å²) in [7, 11) is 0. The predicted octanol–water partition coefficient (Wildman–Crippen LogP) is 0.926. The SMILES string of the molecule is NOC(=O)c1cccc(C[C@H](NNC(=O)c2cccc(CN3CCNCC3)c2)B(N=O)N=O)c1N=O. The molecule has 0 bridgehead atoms. The highest BCUT2D eigenvalue weighted by Gasteiger charge is 2.33. The second kappa shape index (κ2) is 13.2. The van der Waals surface area contributed by atoms with Crippen molar-refractivity contribution in [1.82, 2.24) is 21.1 Å². The summed E-state index contributed by atoms with van der Waals surface area (Å²) in [5.41, 5.74) is 6.03. The van der Waals surface area contributed by atoms with E-state index in [9.17, 15) is 24.3 Å². The maximum Gasteiger partial charge on any atom is 0.535 e. The van der Waals surface area contributed by atoms with Crippen molar-refractivity contribution < 1.29 is 14.4 Å². The number of nitrogens with one attached hydrogen (secondary N) is 3.